The highest BCUT2D eigenvalue weighted by atomic mass is 16.6. The third-order valence-electron chi connectivity index (χ3n) is 2.51. The number of hydrogen-bond donors (Lipinski definition) is 0. The molecule has 0 radical (unpaired) electrons. The number of carbonyl (C=O) groups excluding carboxylic acids is 5. The second-order valence-corrected chi connectivity index (χ2v) is 4.39. The monoisotopic (exact) mass is 346 g/mol. The molecule has 0 bridgehead atoms. The average Bonchev–Trinajstić information content (AvgIpc) is 2.47. The molecule has 136 valence electrons. The first-order valence-electron chi connectivity index (χ1n) is 7.49. The van der Waals surface area contributed by atoms with Crippen LogP contribution in [0.2, 0.25) is 0 Å². The van der Waals surface area contributed by atoms with E-state index in [0.717, 1.165) is 0 Å². The molecule has 0 aliphatic heterocycles. The molecule has 0 saturated carbocycles. The van der Waals surface area contributed by atoms with E-state index in [9.17, 15) is 24.0 Å². The Balaban J connectivity index is 4.89. The van der Waals surface area contributed by atoms with Gasteiger partial charge in [-0.15, -0.1) is 0 Å². The summed E-state index contributed by atoms with van der Waals surface area (Å²) < 4.78 is 18.8. The third kappa shape index (κ3) is 8.99. The second kappa shape index (κ2) is 12.2. The number of carbonyl (C=O) groups is 5. The van der Waals surface area contributed by atoms with Crippen molar-refractivity contribution in [3.63, 3.8) is 0 Å². The Hall–Kier alpha value is -2.29. The van der Waals surface area contributed by atoms with Crippen molar-refractivity contribution in [3.8, 4) is 0 Å². The smallest absolute Gasteiger partial charge is 0.332 e. The lowest BCUT2D eigenvalue weighted by Crippen LogP contribution is -2.37. The molecule has 0 heterocycles. The molecule has 0 aromatic heterocycles. The van der Waals surface area contributed by atoms with Crippen LogP contribution in [0.1, 0.15) is 33.6 Å². The van der Waals surface area contributed by atoms with E-state index in [4.69, 9.17) is 4.74 Å². The summed E-state index contributed by atoms with van der Waals surface area (Å²) in [5, 5.41) is 0. The Bertz CT molecular complexity index is 438. The fourth-order valence-electron chi connectivity index (χ4n) is 1.61. The van der Waals surface area contributed by atoms with Gasteiger partial charge in [-0.1, -0.05) is 0 Å². The lowest BCUT2D eigenvalue weighted by molar-refractivity contribution is -0.157. The Morgan fingerprint density at radius 2 is 1.04 bits per heavy atom. The number of ether oxygens (including phenoxy) is 4. The van der Waals surface area contributed by atoms with Crippen LogP contribution in [-0.4, -0.2) is 62.0 Å². The van der Waals surface area contributed by atoms with Crippen molar-refractivity contribution in [1.29, 1.82) is 0 Å². The van der Waals surface area contributed by atoms with E-state index in [2.05, 4.69) is 14.2 Å². The molecule has 0 aliphatic rings. The molecule has 0 spiro atoms. The Morgan fingerprint density at radius 1 is 0.667 bits per heavy atom. The zero-order valence-electron chi connectivity index (χ0n) is 14.0. The minimum Gasteiger partial charge on any atom is -0.466 e. The summed E-state index contributed by atoms with van der Waals surface area (Å²) in [6, 6.07) is 0. The first-order valence-corrected chi connectivity index (χ1v) is 7.49. The Labute approximate surface area is 139 Å². The van der Waals surface area contributed by atoms with Gasteiger partial charge in [0.1, 0.15) is 19.4 Å². The van der Waals surface area contributed by atoms with E-state index in [1.807, 2.05) is 0 Å². The molecule has 0 rings (SSSR count). The number of esters is 3. The fourth-order valence-corrected chi connectivity index (χ4v) is 1.61. The van der Waals surface area contributed by atoms with Crippen LogP contribution in [0.4, 0.5) is 0 Å². The Kier molecular flexibility index (Phi) is 11.0. The summed E-state index contributed by atoms with van der Waals surface area (Å²) in [5.74, 6) is -4.28. The first-order chi connectivity index (χ1) is 11.3. The van der Waals surface area contributed by atoms with Gasteiger partial charge in [0, 0.05) is 0 Å². The molecule has 0 aromatic rings. The molecular formula is C15H22O9. The lowest BCUT2D eigenvalue weighted by atomic mass is 10.1. The highest BCUT2D eigenvalue weighted by Crippen LogP contribution is 2.06. The van der Waals surface area contributed by atoms with Crippen LogP contribution >= 0.6 is 0 Å². The molecule has 9 heteroatoms. The van der Waals surface area contributed by atoms with Crippen molar-refractivity contribution in [3.05, 3.63) is 0 Å². The van der Waals surface area contributed by atoms with Gasteiger partial charge in [0.25, 0.3) is 0 Å². The van der Waals surface area contributed by atoms with Gasteiger partial charge in [0.2, 0.25) is 0 Å². The molecule has 24 heavy (non-hydrogen) atoms. The Morgan fingerprint density at radius 3 is 1.42 bits per heavy atom. The topological polar surface area (TPSA) is 122 Å². The highest BCUT2D eigenvalue weighted by molar-refractivity contribution is 6.14. The molecule has 0 saturated heterocycles. The maximum atomic E-state index is 12.0. The van der Waals surface area contributed by atoms with E-state index in [-0.39, 0.29) is 19.8 Å². The quantitative estimate of drug-likeness (QED) is 0.272. The number of hydrogen-bond acceptors (Lipinski definition) is 9. The van der Waals surface area contributed by atoms with Gasteiger partial charge in [-0.05, 0) is 20.8 Å². The lowest BCUT2D eigenvalue weighted by Gasteiger charge is -2.15. The van der Waals surface area contributed by atoms with Crippen molar-refractivity contribution in [1.82, 2.24) is 0 Å². The number of Topliss-reactive ketones (excluding diaryl/α,β-unsaturated/α-hetero) is 2. The van der Waals surface area contributed by atoms with Gasteiger partial charge in [0.15, 0.2) is 17.7 Å². The van der Waals surface area contributed by atoms with Crippen molar-refractivity contribution < 1.29 is 42.9 Å². The van der Waals surface area contributed by atoms with Gasteiger partial charge in [-0.25, -0.2) is 4.79 Å². The summed E-state index contributed by atoms with van der Waals surface area (Å²) in [4.78, 5) is 58.1. The fraction of sp³-hybridized carbons (Fsp3) is 0.667. The predicted molar refractivity (Wildman–Crippen MR) is 78.9 cm³/mol. The third-order valence-corrected chi connectivity index (χ3v) is 2.51. The molecule has 0 unspecified atom stereocenters. The van der Waals surface area contributed by atoms with E-state index >= 15 is 0 Å². The van der Waals surface area contributed by atoms with Crippen LogP contribution in [0.3, 0.4) is 0 Å². The van der Waals surface area contributed by atoms with E-state index < -0.39 is 55.0 Å². The van der Waals surface area contributed by atoms with Crippen molar-refractivity contribution in [2.75, 3.05) is 26.4 Å². The molecule has 0 aliphatic carbocycles. The molecule has 0 atom stereocenters. The maximum Gasteiger partial charge on any atom is 0.332 e. The molecule has 0 N–H and O–H groups in total. The van der Waals surface area contributed by atoms with Gasteiger partial charge in [-0.2, -0.15) is 0 Å². The zero-order valence-corrected chi connectivity index (χ0v) is 14.0. The maximum absolute atomic E-state index is 12.0. The van der Waals surface area contributed by atoms with E-state index in [1.54, 1.807) is 20.8 Å². The van der Waals surface area contributed by atoms with Gasteiger partial charge in [0.05, 0.1) is 19.8 Å². The van der Waals surface area contributed by atoms with Gasteiger partial charge in [-0.3, -0.25) is 19.2 Å². The zero-order chi connectivity index (χ0) is 18.5. The molecule has 0 amide bonds. The molecular weight excluding hydrogens is 324 g/mol. The van der Waals surface area contributed by atoms with Crippen LogP contribution in [0.15, 0.2) is 0 Å². The summed E-state index contributed by atoms with van der Waals surface area (Å²) in [5.41, 5.74) is 0. The van der Waals surface area contributed by atoms with E-state index in [0.29, 0.717) is 0 Å². The van der Waals surface area contributed by atoms with Crippen LogP contribution in [0, 0.1) is 0 Å². The number of ketones is 2. The number of rotatable bonds is 12. The van der Waals surface area contributed by atoms with Crippen LogP contribution in [0.5, 0.6) is 0 Å². The standard InChI is InChI=1S/C15H22O9/c1-4-21-12(18)7-10(16)15(24-9-14(20)23-6-3)11(17)8-13(19)22-5-2/h15H,4-9H2,1-3H3. The summed E-state index contributed by atoms with van der Waals surface area (Å²) in [6.07, 6.45) is -3.17. The largest absolute Gasteiger partial charge is 0.466 e. The van der Waals surface area contributed by atoms with Gasteiger partial charge >= 0.3 is 17.9 Å². The van der Waals surface area contributed by atoms with Crippen LogP contribution in [0.25, 0.3) is 0 Å². The molecule has 0 fully saturated rings. The van der Waals surface area contributed by atoms with E-state index in [1.165, 1.54) is 0 Å². The van der Waals surface area contributed by atoms with Crippen molar-refractivity contribution >= 4 is 29.5 Å². The SMILES string of the molecule is CCOC(=O)COC(C(=O)CC(=O)OCC)C(=O)CC(=O)OCC. The van der Waals surface area contributed by atoms with Crippen molar-refractivity contribution in [2.24, 2.45) is 0 Å². The summed E-state index contributed by atoms with van der Waals surface area (Å²) in [6.45, 7) is 4.26. The predicted octanol–water partition coefficient (Wildman–Crippen LogP) is -0.0207. The summed E-state index contributed by atoms with van der Waals surface area (Å²) in [7, 11) is 0. The molecule has 0 aromatic carbocycles. The average molecular weight is 346 g/mol. The second-order valence-electron chi connectivity index (χ2n) is 4.39. The minimum absolute atomic E-state index is 0.0667. The first kappa shape index (κ1) is 21.7. The normalized spacial score (nSPS) is 10.2. The minimum atomic E-state index is -1.75. The highest BCUT2D eigenvalue weighted by Gasteiger charge is 2.31. The molecule has 9 nitrogen and oxygen atoms in total. The van der Waals surface area contributed by atoms with Crippen molar-refractivity contribution in [2.45, 2.75) is 39.7 Å². The van der Waals surface area contributed by atoms with Crippen LogP contribution in [-0.2, 0) is 42.9 Å². The van der Waals surface area contributed by atoms with Gasteiger partial charge < -0.3 is 18.9 Å². The summed E-state index contributed by atoms with van der Waals surface area (Å²) >= 11 is 0. The van der Waals surface area contributed by atoms with Crippen LogP contribution < -0.4 is 0 Å².